The summed E-state index contributed by atoms with van der Waals surface area (Å²) in [5.74, 6) is -0.125. The van der Waals surface area contributed by atoms with Crippen molar-refractivity contribution in [2.24, 2.45) is 0 Å². The van der Waals surface area contributed by atoms with Gasteiger partial charge in [0, 0.05) is 19.2 Å². The first-order valence-electron chi connectivity index (χ1n) is 9.60. The van der Waals surface area contributed by atoms with E-state index < -0.39 is 0 Å². The van der Waals surface area contributed by atoms with Gasteiger partial charge in [0.1, 0.15) is 0 Å². The van der Waals surface area contributed by atoms with E-state index in [0.717, 1.165) is 16.7 Å². The number of rotatable bonds is 7. The number of nitrogens with one attached hydrogen (secondary N) is 3. The van der Waals surface area contributed by atoms with Crippen LogP contribution in [0.15, 0.2) is 84.9 Å². The lowest BCUT2D eigenvalue weighted by Crippen LogP contribution is -2.38. The molecule has 0 heterocycles. The van der Waals surface area contributed by atoms with Crippen molar-refractivity contribution in [2.75, 3.05) is 5.32 Å². The molecule has 0 aliphatic rings. The van der Waals surface area contributed by atoms with Crippen LogP contribution in [-0.2, 0) is 17.8 Å². The third kappa shape index (κ3) is 6.50. The molecule has 5 heteroatoms. The summed E-state index contributed by atoms with van der Waals surface area (Å²) in [6, 6.07) is 27.1. The van der Waals surface area contributed by atoms with E-state index in [-0.39, 0.29) is 18.0 Å². The fraction of sp³-hybridized carbons (Fsp3) is 0.167. The highest BCUT2D eigenvalue weighted by atomic mass is 16.2. The average molecular weight is 387 g/mol. The first kappa shape index (κ1) is 20.1. The van der Waals surface area contributed by atoms with Gasteiger partial charge in [-0.2, -0.15) is 0 Å². The predicted molar refractivity (Wildman–Crippen MR) is 115 cm³/mol. The van der Waals surface area contributed by atoms with Crippen LogP contribution in [-0.4, -0.2) is 11.9 Å². The minimum absolute atomic E-state index is 0.125. The molecule has 0 fully saturated rings. The van der Waals surface area contributed by atoms with Gasteiger partial charge in [0.15, 0.2) is 0 Å². The number of hydrogen-bond acceptors (Lipinski definition) is 2. The number of hydrogen-bond donors (Lipinski definition) is 3. The minimum atomic E-state index is -0.236. The van der Waals surface area contributed by atoms with Crippen molar-refractivity contribution in [3.8, 4) is 0 Å². The lowest BCUT2D eigenvalue weighted by molar-refractivity contribution is -0.114. The molecule has 5 nitrogen and oxygen atoms in total. The van der Waals surface area contributed by atoms with Gasteiger partial charge in [-0.25, -0.2) is 4.79 Å². The molecule has 29 heavy (non-hydrogen) atoms. The Bertz CT molecular complexity index is 943. The second-order valence-electron chi connectivity index (χ2n) is 6.86. The maximum absolute atomic E-state index is 12.6. The molecule has 3 aromatic carbocycles. The van der Waals surface area contributed by atoms with Crippen LogP contribution in [0.2, 0.25) is 0 Å². The van der Waals surface area contributed by atoms with Crippen molar-refractivity contribution in [2.45, 2.75) is 25.9 Å². The van der Waals surface area contributed by atoms with Crippen molar-refractivity contribution >= 4 is 17.6 Å². The van der Waals surface area contributed by atoms with Gasteiger partial charge in [-0.15, -0.1) is 0 Å². The van der Waals surface area contributed by atoms with E-state index in [1.807, 2.05) is 72.8 Å². The first-order valence-corrected chi connectivity index (χ1v) is 9.60. The molecule has 0 radical (unpaired) electrons. The second kappa shape index (κ2) is 10.1. The predicted octanol–water partition coefficient (Wildman–Crippen LogP) is 4.43. The van der Waals surface area contributed by atoms with Crippen LogP contribution >= 0.6 is 0 Å². The van der Waals surface area contributed by atoms with Gasteiger partial charge in [0.05, 0.1) is 6.04 Å². The Morgan fingerprint density at radius 3 is 2.17 bits per heavy atom. The Hall–Kier alpha value is -3.60. The van der Waals surface area contributed by atoms with E-state index in [2.05, 4.69) is 28.1 Å². The molecule has 0 saturated carbocycles. The van der Waals surface area contributed by atoms with Crippen molar-refractivity contribution in [3.05, 3.63) is 102 Å². The minimum Gasteiger partial charge on any atom is -0.334 e. The summed E-state index contributed by atoms with van der Waals surface area (Å²) < 4.78 is 0. The molecule has 1 atom stereocenters. The SMILES string of the molecule is CC(=O)Nc1cccc(CNC(=O)NC(Cc2ccccc2)c2ccccc2)c1. The molecule has 3 rings (SSSR count). The molecule has 0 spiro atoms. The molecule has 0 aliphatic heterocycles. The van der Waals surface area contributed by atoms with E-state index in [4.69, 9.17) is 0 Å². The maximum atomic E-state index is 12.6. The van der Waals surface area contributed by atoms with Gasteiger partial charge in [-0.3, -0.25) is 4.79 Å². The Morgan fingerprint density at radius 2 is 1.48 bits per heavy atom. The number of benzene rings is 3. The summed E-state index contributed by atoms with van der Waals surface area (Å²) in [6.07, 6.45) is 0.705. The molecule has 0 aliphatic carbocycles. The third-order valence-corrected chi connectivity index (χ3v) is 4.49. The normalized spacial score (nSPS) is 11.3. The first-order chi connectivity index (χ1) is 14.1. The van der Waals surface area contributed by atoms with Crippen molar-refractivity contribution < 1.29 is 9.59 Å². The topological polar surface area (TPSA) is 70.2 Å². The Kier molecular flexibility index (Phi) is 7.00. The Morgan fingerprint density at radius 1 is 0.828 bits per heavy atom. The van der Waals surface area contributed by atoms with Gasteiger partial charge in [-0.05, 0) is 35.2 Å². The smallest absolute Gasteiger partial charge is 0.315 e. The largest absolute Gasteiger partial charge is 0.334 e. The molecule has 3 amide bonds. The molecular weight excluding hydrogens is 362 g/mol. The van der Waals surface area contributed by atoms with E-state index in [9.17, 15) is 9.59 Å². The fourth-order valence-corrected chi connectivity index (χ4v) is 3.14. The van der Waals surface area contributed by atoms with E-state index in [1.165, 1.54) is 6.92 Å². The van der Waals surface area contributed by atoms with E-state index in [1.54, 1.807) is 0 Å². The summed E-state index contributed by atoms with van der Waals surface area (Å²) >= 11 is 0. The van der Waals surface area contributed by atoms with E-state index in [0.29, 0.717) is 18.7 Å². The summed E-state index contributed by atoms with van der Waals surface area (Å²) in [5, 5.41) is 8.73. The lowest BCUT2D eigenvalue weighted by atomic mass is 9.99. The van der Waals surface area contributed by atoms with Crippen LogP contribution in [0.25, 0.3) is 0 Å². The number of carbonyl (C=O) groups is 2. The fourth-order valence-electron chi connectivity index (χ4n) is 3.14. The molecule has 148 valence electrons. The highest BCUT2D eigenvalue weighted by Gasteiger charge is 2.15. The number of carbonyl (C=O) groups excluding carboxylic acids is 2. The zero-order valence-corrected chi connectivity index (χ0v) is 16.4. The number of anilines is 1. The van der Waals surface area contributed by atoms with Gasteiger partial charge < -0.3 is 16.0 Å². The monoisotopic (exact) mass is 387 g/mol. The highest BCUT2D eigenvalue weighted by Crippen LogP contribution is 2.18. The molecule has 0 bridgehead atoms. The van der Waals surface area contributed by atoms with Gasteiger partial charge in [-0.1, -0.05) is 72.8 Å². The zero-order chi connectivity index (χ0) is 20.5. The standard InChI is InChI=1S/C24H25N3O2/c1-18(28)26-22-14-8-11-20(15-22)17-25-24(29)27-23(21-12-6-3-7-13-21)16-19-9-4-2-5-10-19/h2-15,23H,16-17H2,1H3,(H,26,28)(H2,25,27,29). The second-order valence-corrected chi connectivity index (χ2v) is 6.86. The van der Waals surface area contributed by atoms with Gasteiger partial charge in [0.2, 0.25) is 5.91 Å². The summed E-state index contributed by atoms with van der Waals surface area (Å²) in [7, 11) is 0. The molecule has 3 N–H and O–H groups in total. The van der Waals surface area contributed by atoms with Crippen molar-refractivity contribution in [1.29, 1.82) is 0 Å². The van der Waals surface area contributed by atoms with Crippen LogP contribution in [0.5, 0.6) is 0 Å². The van der Waals surface area contributed by atoms with Crippen molar-refractivity contribution in [1.82, 2.24) is 10.6 Å². The number of amides is 3. The van der Waals surface area contributed by atoms with Crippen LogP contribution in [0.4, 0.5) is 10.5 Å². The lowest BCUT2D eigenvalue weighted by Gasteiger charge is -2.20. The quantitative estimate of drug-likeness (QED) is 0.561. The third-order valence-electron chi connectivity index (χ3n) is 4.49. The van der Waals surface area contributed by atoms with Crippen LogP contribution < -0.4 is 16.0 Å². The highest BCUT2D eigenvalue weighted by molar-refractivity contribution is 5.88. The summed E-state index contributed by atoms with van der Waals surface area (Å²) in [6.45, 7) is 1.83. The molecule has 0 saturated heterocycles. The van der Waals surface area contributed by atoms with Crippen molar-refractivity contribution in [3.63, 3.8) is 0 Å². The Labute approximate surface area is 171 Å². The van der Waals surface area contributed by atoms with Crippen LogP contribution in [0.3, 0.4) is 0 Å². The maximum Gasteiger partial charge on any atom is 0.315 e. The molecule has 0 aromatic heterocycles. The summed E-state index contributed by atoms with van der Waals surface area (Å²) in [5.41, 5.74) is 3.83. The average Bonchev–Trinajstić information content (AvgIpc) is 2.73. The zero-order valence-electron chi connectivity index (χ0n) is 16.4. The summed E-state index contributed by atoms with van der Waals surface area (Å²) in [4.78, 5) is 23.8. The number of urea groups is 1. The van der Waals surface area contributed by atoms with Crippen LogP contribution in [0, 0.1) is 0 Å². The van der Waals surface area contributed by atoms with Gasteiger partial charge in [0.25, 0.3) is 0 Å². The Balaban J connectivity index is 1.63. The molecule has 1 unspecified atom stereocenters. The van der Waals surface area contributed by atoms with Crippen LogP contribution in [0.1, 0.15) is 29.7 Å². The van der Waals surface area contributed by atoms with Gasteiger partial charge >= 0.3 is 6.03 Å². The van der Waals surface area contributed by atoms with E-state index >= 15 is 0 Å². The molecule has 3 aromatic rings. The molecular formula is C24H25N3O2.